The monoisotopic (exact) mass is 388 g/mol. The van der Waals surface area contributed by atoms with Crippen LogP contribution in [0.15, 0.2) is 30.3 Å². The number of nitrogens with zero attached hydrogens (tertiary/aromatic N) is 3. The van der Waals surface area contributed by atoms with E-state index in [1.807, 2.05) is 35.2 Å². The Morgan fingerprint density at radius 2 is 1.46 bits per heavy atom. The lowest BCUT2D eigenvalue weighted by Gasteiger charge is -2.36. The number of amides is 3. The van der Waals surface area contributed by atoms with Gasteiger partial charge in [-0.2, -0.15) is 0 Å². The summed E-state index contributed by atoms with van der Waals surface area (Å²) in [6.07, 6.45) is 0.262. The van der Waals surface area contributed by atoms with Crippen LogP contribution < -0.4 is 5.32 Å². The highest BCUT2D eigenvalue weighted by Gasteiger charge is 2.25. The average molecular weight is 388 g/mol. The topological polar surface area (TPSA) is 82.2 Å². The number of carbonyl (C=O) groups excluding carboxylic acids is 3. The van der Waals surface area contributed by atoms with Crippen LogP contribution in [0.5, 0.6) is 0 Å². The molecule has 0 spiro atoms. The molecule has 1 aromatic carbocycles. The van der Waals surface area contributed by atoms with Crippen LogP contribution in [0.2, 0.25) is 0 Å². The summed E-state index contributed by atoms with van der Waals surface area (Å²) in [5.41, 5.74) is 0.917. The van der Waals surface area contributed by atoms with E-state index in [-0.39, 0.29) is 30.7 Å². The molecular weight excluding hydrogens is 360 g/mol. The summed E-state index contributed by atoms with van der Waals surface area (Å²) in [6, 6.07) is 9.43. The van der Waals surface area contributed by atoms with E-state index in [0.717, 1.165) is 18.7 Å². The highest BCUT2D eigenvalue weighted by molar-refractivity contribution is 5.86. The van der Waals surface area contributed by atoms with Crippen molar-refractivity contribution in [2.75, 3.05) is 65.6 Å². The van der Waals surface area contributed by atoms with Crippen LogP contribution >= 0.6 is 0 Å². The van der Waals surface area contributed by atoms with Crippen molar-refractivity contribution in [2.24, 2.45) is 0 Å². The van der Waals surface area contributed by atoms with Crippen LogP contribution in [0.1, 0.15) is 5.56 Å². The second-order valence-corrected chi connectivity index (χ2v) is 7.09. The van der Waals surface area contributed by atoms with E-state index in [1.54, 1.807) is 4.90 Å². The molecule has 0 unspecified atom stereocenters. The van der Waals surface area contributed by atoms with E-state index >= 15 is 0 Å². The van der Waals surface area contributed by atoms with Crippen molar-refractivity contribution in [3.8, 4) is 0 Å². The van der Waals surface area contributed by atoms with Crippen LogP contribution in [0.4, 0.5) is 0 Å². The predicted octanol–water partition coefficient (Wildman–Crippen LogP) is -0.652. The Balaban J connectivity index is 1.35. The number of hydrogen-bond donors (Lipinski definition) is 1. The minimum Gasteiger partial charge on any atom is -0.379 e. The zero-order valence-electron chi connectivity index (χ0n) is 16.1. The van der Waals surface area contributed by atoms with Crippen molar-refractivity contribution >= 4 is 17.7 Å². The van der Waals surface area contributed by atoms with E-state index in [1.165, 1.54) is 0 Å². The number of nitrogens with one attached hydrogen (secondary N) is 1. The van der Waals surface area contributed by atoms with Gasteiger partial charge in [-0.15, -0.1) is 0 Å². The first-order valence-corrected chi connectivity index (χ1v) is 9.78. The third-order valence-corrected chi connectivity index (χ3v) is 5.09. The molecule has 3 amide bonds. The fourth-order valence-electron chi connectivity index (χ4n) is 3.39. The molecule has 8 nitrogen and oxygen atoms in total. The van der Waals surface area contributed by atoms with Gasteiger partial charge in [0.05, 0.1) is 32.7 Å². The Morgan fingerprint density at radius 3 is 2.11 bits per heavy atom. The zero-order chi connectivity index (χ0) is 19.8. The third kappa shape index (κ3) is 6.03. The van der Waals surface area contributed by atoms with Gasteiger partial charge < -0.3 is 19.9 Å². The molecule has 28 heavy (non-hydrogen) atoms. The predicted molar refractivity (Wildman–Crippen MR) is 104 cm³/mol. The van der Waals surface area contributed by atoms with Crippen LogP contribution in [0, 0.1) is 0 Å². The molecule has 2 aliphatic rings. The van der Waals surface area contributed by atoms with Crippen molar-refractivity contribution in [3.63, 3.8) is 0 Å². The van der Waals surface area contributed by atoms with E-state index in [4.69, 9.17) is 4.74 Å². The molecule has 0 aliphatic carbocycles. The Bertz CT molecular complexity index is 668. The van der Waals surface area contributed by atoms with Crippen molar-refractivity contribution < 1.29 is 19.1 Å². The minimum atomic E-state index is -0.168. The van der Waals surface area contributed by atoms with E-state index < -0.39 is 0 Å². The molecule has 2 saturated heterocycles. The van der Waals surface area contributed by atoms with Crippen LogP contribution in [0.3, 0.4) is 0 Å². The first kappa shape index (κ1) is 20.3. The molecule has 3 rings (SSSR count). The van der Waals surface area contributed by atoms with Crippen molar-refractivity contribution in [1.82, 2.24) is 20.0 Å². The number of carbonyl (C=O) groups is 3. The van der Waals surface area contributed by atoms with Crippen LogP contribution in [-0.2, 0) is 25.5 Å². The summed E-state index contributed by atoms with van der Waals surface area (Å²) >= 11 is 0. The lowest BCUT2D eigenvalue weighted by Crippen LogP contribution is -2.54. The van der Waals surface area contributed by atoms with Gasteiger partial charge in [0.25, 0.3) is 0 Å². The van der Waals surface area contributed by atoms with Crippen molar-refractivity contribution in [1.29, 1.82) is 0 Å². The third-order valence-electron chi connectivity index (χ3n) is 5.09. The lowest BCUT2D eigenvalue weighted by molar-refractivity contribution is -0.140. The standard InChI is InChI=1S/C20H28N4O4/c25-18(14-17-4-2-1-3-5-17)21-15-19(26)23-6-8-24(9-7-23)20(27)16-22-10-12-28-13-11-22/h1-5H,6-16H2,(H,21,25). The van der Waals surface area contributed by atoms with Gasteiger partial charge in [-0.05, 0) is 5.56 Å². The van der Waals surface area contributed by atoms with Crippen LogP contribution in [0.25, 0.3) is 0 Å². The maximum atomic E-state index is 12.4. The lowest BCUT2D eigenvalue weighted by atomic mass is 10.1. The normalized spacial score (nSPS) is 18.0. The van der Waals surface area contributed by atoms with Crippen molar-refractivity contribution in [2.45, 2.75) is 6.42 Å². The van der Waals surface area contributed by atoms with Gasteiger partial charge >= 0.3 is 0 Å². The number of ether oxygens (including phenoxy) is 1. The number of rotatable bonds is 6. The first-order valence-electron chi connectivity index (χ1n) is 9.78. The number of morpholine rings is 1. The number of hydrogen-bond acceptors (Lipinski definition) is 5. The molecule has 0 aromatic heterocycles. The Kier molecular flexibility index (Phi) is 7.39. The molecule has 2 aliphatic heterocycles. The van der Waals surface area contributed by atoms with Gasteiger partial charge in [-0.1, -0.05) is 30.3 Å². The fraction of sp³-hybridized carbons (Fsp3) is 0.550. The molecule has 0 bridgehead atoms. The molecule has 0 radical (unpaired) electrons. The molecule has 2 heterocycles. The number of piperazine rings is 1. The summed E-state index contributed by atoms with van der Waals surface area (Å²) in [5.74, 6) is -0.175. The van der Waals surface area contributed by atoms with Gasteiger partial charge in [0.2, 0.25) is 17.7 Å². The molecule has 152 valence electrons. The van der Waals surface area contributed by atoms with Gasteiger partial charge in [0.15, 0.2) is 0 Å². The van der Waals surface area contributed by atoms with E-state index in [9.17, 15) is 14.4 Å². The second kappa shape index (κ2) is 10.2. The van der Waals surface area contributed by atoms with Gasteiger partial charge in [-0.3, -0.25) is 19.3 Å². The second-order valence-electron chi connectivity index (χ2n) is 7.09. The largest absolute Gasteiger partial charge is 0.379 e. The highest BCUT2D eigenvalue weighted by atomic mass is 16.5. The van der Waals surface area contributed by atoms with Crippen LogP contribution in [-0.4, -0.2) is 98.0 Å². The summed E-state index contributed by atoms with van der Waals surface area (Å²) in [7, 11) is 0. The van der Waals surface area contributed by atoms with Gasteiger partial charge in [0, 0.05) is 39.3 Å². The molecule has 1 aromatic rings. The molecule has 0 atom stereocenters. The minimum absolute atomic E-state index is 0.00656. The summed E-state index contributed by atoms with van der Waals surface area (Å²) in [5, 5.41) is 2.69. The summed E-state index contributed by atoms with van der Waals surface area (Å²) < 4.78 is 5.30. The van der Waals surface area contributed by atoms with E-state index in [2.05, 4.69) is 10.2 Å². The summed E-state index contributed by atoms with van der Waals surface area (Å²) in [6.45, 7) is 5.39. The van der Waals surface area contributed by atoms with E-state index in [0.29, 0.717) is 45.9 Å². The average Bonchev–Trinajstić information content (AvgIpc) is 2.73. The fourth-order valence-corrected chi connectivity index (χ4v) is 3.39. The smallest absolute Gasteiger partial charge is 0.242 e. The maximum absolute atomic E-state index is 12.4. The quantitative estimate of drug-likeness (QED) is 0.700. The first-order chi connectivity index (χ1) is 13.6. The maximum Gasteiger partial charge on any atom is 0.242 e. The molecular formula is C20H28N4O4. The number of benzene rings is 1. The summed E-state index contributed by atoms with van der Waals surface area (Å²) in [4.78, 5) is 42.4. The van der Waals surface area contributed by atoms with Gasteiger partial charge in [0.1, 0.15) is 0 Å². The Labute approximate surface area is 165 Å². The molecule has 1 N–H and O–H groups in total. The van der Waals surface area contributed by atoms with Gasteiger partial charge in [-0.25, -0.2) is 0 Å². The molecule has 2 fully saturated rings. The zero-order valence-corrected chi connectivity index (χ0v) is 16.1. The molecule has 0 saturated carbocycles. The Morgan fingerprint density at radius 1 is 0.857 bits per heavy atom. The van der Waals surface area contributed by atoms with Crippen molar-refractivity contribution in [3.05, 3.63) is 35.9 Å². The highest BCUT2D eigenvalue weighted by Crippen LogP contribution is 2.05. The molecule has 8 heteroatoms. The SMILES string of the molecule is O=C(Cc1ccccc1)NCC(=O)N1CCN(C(=O)CN2CCOCC2)CC1. The Hall–Kier alpha value is -2.45.